The molecular weight excluding hydrogens is 512 g/mol. The lowest BCUT2D eigenvalue weighted by Crippen LogP contribution is -2.57. The largest absolute Gasteiger partial charge is 0.370 e. The topological polar surface area (TPSA) is 133 Å². The van der Waals surface area contributed by atoms with Crippen molar-refractivity contribution in [3.05, 3.63) is 44.9 Å². The summed E-state index contributed by atoms with van der Waals surface area (Å²) in [6, 6.07) is 5.93. The van der Waals surface area contributed by atoms with Gasteiger partial charge in [0, 0.05) is 66.4 Å². The summed E-state index contributed by atoms with van der Waals surface area (Å²) in [4.78, 5) is 37.5. The molecule has 0 saturated carbocycles. The number of nitrogens with zero attached hydrogens (tertiary/aromatic N) is 4. The van der Waals surface area contributed by atoms with E-state index in [0.717, 1.165) is 30.1 Å². The Morgan fingerprint density at radius 2 is 2.06 bits per heavy atom. The molecule has 0 spiro atoms. The molecule has 13 heteroatoms. The van der Waals surface area contributed by atoms with Crippen LogP contribution in [0, 0.1) is 0 Å². The number of rotatable bonds is 5. The number of halogens is 1. The highest BCUT2D eigenvalue weighted by molar-refractivity contribution is 7.89. The molecule has 186 valence electrons. The maximum atomic E-state index is 13.4. The minimum absolute atomic E-state index is 0.0316. The van der Waals surface area contributed by atoms with Crippen LogP contribution in [0.15, 0.2) is 29.3 Å². The van der Waals surface area contributed by atoms with Gasteiger partial charge in [-0.15, -0.1) is 11.3 Å². The van der Waals surface area contributed by atoms with Crippen molar-refractivity contribution in [1.29, 1.82) is 0 Å². The van der Waals surface area contributed by atoms with Crippen molar-refractivity contribution in [1.82, 2.24) is 24.1 Å². The number of sulfonamides is 1. The van der Waals surface area contributed by atoms with Crippen molar-refractivity contribution in [3.8, 4) is 0 Å². The summed E-state index contributed by atoms with van der Waals surface area (Å²) in [7, 11) is -1.88. The molecule has 1 fully saturated rings. The molecule has 1 unspecified atom stereocenters. The molecule has 0 aliphatic carbocycles. The fourth-order valence-corrected chi connectivity index (χ4v) is 7.42. The van der Waals surface area contributed by atoms with Gasteiger partial charge in [0.1, 0.15) is 5.03 Å². The Balaban J connectivity index is 1.39. The number of carbonyl (C=O) groups excluding carboxylic acids is 2. The molecule has 2 amide bonds. The van der Waals surface area contributed by atoms with Crippen molar-refractivity contribution in [2.45, 2.75) is 30.5 Å². The molecule has 3 aromatic rings. The number of hydrogen-bond donors (Lipinski definition) is 2. The van der Waals surface area contributed by atoms with Crippen LogP contribution >= 0.6 is 22.9 Å². The number of hydrogen-bond acceptors (Lipinski definition) is 7. The number of H-pyrrole nitrogens is 1. The van der Waals surface area contributed by atoms with Crippen LogP contribution in [0.5, 0.6) is 0 Å². The Hall–Kier alpha value is -2.51. The van der Waals surface area contributed by atoms with Gasteiger partial charge in [-0.05, 0) is 31.3 Å². The van der Waals surface area contributed by atoms with Crippen LogP contribution in [-0.2, 0) is 27.8 Å². The predicted octanol–water partition coefficient (Wildman–Crippen LogP) is 1.66. The van der Waals surface area contributed by atoms with Crippen molar-refractivity contribution < 1.29 is 18.0 Å². The van der Waals surface area contributed by atoms with Crippen LogP contribution in [0.4, 0.5) is 0 Å². The number of aromatic amines is 1. The maximum absolute atomic E-state index is 13.4. The van der Waals surface area contributed by atoms with Gasteiger partial charge in [0.05, 0.1) is 11.7 Å². The minimum Gasteiger partial charge on any atom is -0.370 e. The molecule has 0 radical (unpaired) electrons. The summed E-state index contributed by atoms with van der Waals surface area (Å²) in [5.74, 6) is -0.900. The number of likely N-dealkylation sites (N-methyl/N-ethyl adjacent to an activating group) is 1. The average molecular weight is 537 g/mol. The summed E-state index contributed by atoms with van der Waals surface area (Å²) in [5, 5.41) is 1.58. The van der Waals surface area contributed by atoms with E-state index in [1.807, 2.05) is 7.05 Å². The first-order valence-corrected chi connectivity index (χ1v) is 13.8. The van der Waals surface area contributed by atoms with E-state index < -0.39 is 22.0 Å². The van der Waals surface area contributed by atoms with E-state index >= 15 is 0 Å². The molecule has 2 aliphatic rings. The number of primary amides is 1. The number of amides is 2. The smallest absolute Gasteiger partial charge is 0.283 e. The number of fused-ring (bicyclic) bond motifs is 2. The second-order valence-electron chi connectivity index (χ2n) is 8.93. The van der Waals surface area contributed by atoms with Crippen LogP contribution in [0.25, 0.3) is 10.9 Å². The Labute approximate surface area is 211 Å². The molecule has 0 bridgehead atoms. The summed E-state index contributed by atoms with van der Waals surface area (Å²) < 4.78 is 28.1. The third-order valence-electron chi connectivity index (χ3n) is 6.42. The number of nitrogens with one attached hydrogen (secondary N) is 1. The Morgan fingerprint density at radius 3 is 2.83 bits per heavy atom. The number of carbonyl (C=O) groups is 2. The van der Waals surface area contributed by atoms with E-state index in [-0.39, 0.29) is 37.0 Å². The summed E-state index contributed by atoms with van der Waals surface area (Å²) in [5.41, 5.74) is 7.05. The Morgan fingerprint density at radius 1 is 1.26 bits per heavy atom. The first-order valence-electron chi connectivity index (χ1n) is 11.2. The van der Waals surface area contributed by atoms with Crippen molar-refractivity contribution in [3.63, 3.8) is 0 Å². The van der Waals surface area contributed by atoms with Crippen LogP contribution in [0.2, 0.25) is 5.02 Å². The highest BCUT2D eigenvalue weighted by Crippen LogP contribution is 2.29. The van der Waals surface area contributed by atoms with E-state index in [4.69, 9.17) is 17.3 Å². The third kappa shape index (κ3) is 4.68. The average Bonchev–Trinajstić information content (AvgIpc) is 3.42. The van der Waals surface area contributed by atoms with E-state index in [0.29, 0.717) is 20.9 Å². The van der Waals surface area contributed by atoms with Crippen molar-refractivity contribution >= 4 is 55.7 Å². The summed E-state index contributed by atoms with van der Waals surface area (Å²) in [6.45, 7) is 1.80. The van der Waals surface area contributed by atoms with Crippen molar-refractivity contribution in [2.75, 3.05) is 33.2 Å². The fraction of sp³-hybridized carbons (Fsp3) is 0.409. The fourth-order valence-electron chi connectivity index (χ4n) is 4.61. The highest BCUT2D eigenvalue weighted by Gasteiger charge is 2.39. The van der Waals surface area contributed by atoms with Gasteiger partial charge in [0.15, 0.2) is 5.01 Å². The van der Waals surface area contributed by atoms with Gasteiger partial charge in [0.2, 0.25) is 5.91 Å². The molecule has 5 rings (SSSR count). The number of nitrogens with two attached hydrogens (primary N) is 1. The SMILES string of the molecule is CN1CCc2nc(C(=O)N3CCN(S(=O)(=O)c4cc5cc(Cl)ccc5[nH]4)CC3CC(N)=O)sc2C1. The van der Waals surface area contributed by atoms with Crippen LogP contribution in [0.3, 0.4) is 0 Å². The summed E-state index contributed by atoms with van der Waals surface area (Å²) in [6.07, 6.45) is 0.635. The van der Waals surface area contributed by atoms with Crippen LogP contribution in [0.1, 0.15) is 26.8 Å². The maximum Gasteiger partial charge on any atom is 0.283 e. The number of aromatic nitrogens is 2. The van der Waals surface area contributed by atoms with Gasteiger partial charge in [-0.2, -0.15) is 4.31 Å². The van der Waals surface area contributed by atoms with Gasteiger partial charge in [-0.3, -0.25) is 9.59 Å². The van der Waals surface area contributed by atoms with Gasteiger partial charge < -0.3 is 20.5 Å². The lowest BCUT2D eigenvalue weighted by atomic mass is 10.1. The number of benzene rings is 1. The minimum atomic E-state index is -3.90. The van der Waals surface area contributed by atoms with Crippen LogP contribution in [-0.4, -0.2) is 83.6 Å². The van der Waals surface area contributed by atoms with Gasteiger partial charge in [-0.1, -0.05) is 11.6 Å². The molecule has 35 heavy (non-hydrogen) atoms. The molecule has 3 N–H and O–H groups in total. The van der Waals surface area contributed by atoms with Crippen LogP contribution < -0.4 is 5.73 Å². The third-order valence-corrected chi connectivity index (χ3v) is 9.52. The lowest BCUT2D eigenvalue weighted by Gasteiger charge is -2.39. The normalized spacial score (nSPS) is 19.7. The zero-order valence-corrected chi connectivity index (χ0v) is 21.4. The van der Waals surface area contributed by atoms with E-state index in [9.17, 15) is 18.0 Å². The second kappa shape index (κ2) is 9.17. The van der Waals surface area contributed by atoms with E-state index in [1.165, 1.54) is 26.6 Å². The monoisotopic (exact) mass is 536 g/mol. The highest BCUT2D eigenvalue weighted by atomic mass is 35.5. The summed E-state index contributed by atoms with van der Waals surface area (Å²) >= 11 is 7.39. The first kappa shape index (κ1) is 24.2. The molecule has 4 heterocycles. The zero-order chi connectivity index (χ0) is 24.9. The first-order chi connectivity index (χ1) is 16.6. The number of thiazole rings is 1. The number of piperazine rings is 1. The predicted molar refractivity (Wildman–Crippen MR) is 133 cm³/mol. The van der Waals surface area contributed by atoms with Gasteiger partial charge >= 0.3 is 0 Å². The Bertz CT molecular complexity index is 1420. The molecule has 1 aromatic carbocycles. The standard InChI is InChI=1S/C22H25ClN6O4S2/c1-27-5-4-17-18(12-27)34-21(26-17)22(31)29-7-6-28(11-15(29)10-19(24)30)35(32,33)20-9-13-8-14(23)2-3-16(13)25-20/h2-3,8-9,15,25H,4-7,10-12H2,1H3,(H2,24,30). The molecule has 2 aromatic heterocycles. The zero-order valence-electron chi connectivity index (χ0n) is 19.0. The van der Waals surface area contributed by atoms with E-state index in [2.05, 4.69) is 14.9 Å². The van der Waals surface area contributed by atoms with Gasteiger partial charge in [0.25, 0.3) is 15.9 Å². The molecule has 2 aliphatic heterocycles. The second-order valence-corrected chi connectivity index (χ2v) is 12.4. The Kier molecular flexibility index (Phi) is 6.34. The molecule has 1 saturated heterocycles. The molecule has 10 nitrogen and oxygen atoms in total. The van der Waals surface area contributed by atoms with Crippen molar-refractivity contribution in [2.24, 2.45) is 5.73 Å². The molecule has 1 atom stereocenters. The molecular formula is C22H25ClN6O4S2. The lowest BCUT2D eigenvalue weighted by molar-refractivity contribution is -0.119. The quantitative estimate of drug-likeness (QED) is 0.509. The van der Waals surface area contributed by atoms with E-state index in [1.54, 1.807) is 18.2 Å². The van der Waals surface area contributed by atoms with Gasteiger partial charge in [-0.25, -0.2) is 13.4 Å².